The zero-order chi connectivity index (χ0) is 45.2. The number of rotatable bonds is 52. The summed E-state index contributed by atoms with van der Waals surface area (Å²) >= 11 is 0. The first-order chi connectivity index (χ1) is 30.5. The molecule has 0 aromatic carbocycles. The van der Waals surface area contributed by atoms with E-state index in [0.29, 0.717) is 12.8 Å². The molecule has 0 aliphatic heterocycles. The molecule has 0 aromatic heterocycles. The fourth-order valence-electron chi connectivity index (χ4n) is 9.05. The van der Waals surface area contributed by atoms with Crippen LogP contribution in [0, 0.1) is 0 Å². The van der Waals surface area contributed by atoms with Crippen LogP contribution in [0.2, 0.25) is 0 Å². The van der Waals surface area contributed by atoms with Gasteiger partial charge in [-0.3, -0.25) is 4.79 Å². The highest BCUT2D eigenvalue weighted by atomic mass is 16.3. The van der Waals surface area contributed by atoms with Gasteiger partial charge in [-0.25, -0.2) is 0 Å². The van der Waals surface area contributed by atoms with Crippen LogP contribution in [0.1, 0.15) is 309 Å². The number of amides is 1. The van der Waals surface area contributed by atoms with Gasteiger partial charge in [0.25, 0.3) is 0 Å². The number of nitrogens with one attached hydrogen (secondary N) is 1. The molecule has 62 heavy (non-hydrogen) atoms. The number of aliphatic hydroxyl groups excluding tert-OH is 4. The molecule has 0 fully saturated rings. The molecule has 0 bridgehead atoms. The maximum atomic E-state index is 12.6. The molecule has 5 N–H and O–H groups in total. The first-order valence-corrected chi connectivity index (χ1v) is 28.1. The standard InChI is InChI=1S/C56H111NO5/c1-3-5-7-9-11-13-15-17-19-21-23-25-27-28-30-31-33-35-37-39-41-43-45-47-49-53(59)55(61)52(51-58)57-56(62)54(60)50-48-46-44-42-40-38-36-34-32-29-26-24-22-20-18-16-14-12-10-8-6-4-2/h32,34,52-55,58-61H,3-31,33,35-51H2,1-2H3,(H,57,62)/b34-32-. The van der Waals surface area contributed by atoms with E-state index in [1.54, 1.807) is 0 Å². The molecule has 4 unspecified atom stereocenters. The Morgan fingerprint density at radius 2 is 0.645 bits per heavy atom. The predicted octanol–water partition coefficient (Wildman–Crippen LogP) is 16.1. The van der Waals surface area contributed by atoms with Crippen LogP contribution in [0.15, 0.2) is 12.2 Å². The molecule has 0 spiro atoms. The van der Waals surface area contributed by atoms with Crippen LogP contribution in [0.25, 0.3) is 0 Å². The Labute approximate surface area is 387 Å². The van der Waals surface area contributed by atoms with Gasteiger partial charge in [-0.2, -0.15) is 0 Å². The maximum absolute atomic E-state index is 12.6. The van der Waals surface area contributed by atoms with Crippen molar-refractivity contribution in [2.24, 2.45) is 0 Å². The van der Waals surface area contributed by atoms with Crippen LogP contribution in [-0.4, -0.2) is 57.3 Å². The van der Waals surface area contributed by atoms with Gasteiger partial charge >= 0.3 is 0 Å². The molecule has 0 rings (SSSR count). The van der Waals surface area contributed by atoms with E-state index in [0.717, 1.165) is 44.9 Å². The minimum atomic E-state index is -1.26. The fraction of sp³-hybridized carbons (Fsp3) is 0.946. The lowest BCUT2D eigenvalue weighted by atomic mass is 9.99. The maximum Gasteiger partial charge on any atom is 0.249 e. The Morgan fingerprint density at radius 1 is 0.387 bits per heavy atom. The van der Waals surface area contributed by atoms with Crippen molar-refractivity contribution in [3.8, 4) is 0 Å². The lowest BCUT2D eigenvalue weighted by molar-refractivity contribution is -0.132. The number of hydrogen-bond donors (Lipinski definition) is 5. The first kappa shape index (κ1) is 61.0. The van der Waals surface area contributed by atoms with E-state index in [1.165, 1.54) is 238 Å². The molecule has 0 heterocycles. The minimum absolute atomic E-state index is 0.365. The summed E-state index contributed by atoms with van der Waals surface area (Å²) < 4.78 is 0. The Morgan fingerprint density at radius 3 is 0.935 bits per heavy atom. The van der Waals surface area contributed by atoms with Crippen molar-refractivity contribution in [1.82, 2.24) is 5.32 Å². The summed E-state index contributed by atoms with van der Waals surface area (Å²) in [6, 6.07) is -0.986. The van der Waals surface area contributed by atoms with Crippen molar-refractivity contribution in [2.75, 3.05) is 6.61 Å². The fourth-order valence-corrected chi connectivity index (χ4v) is 9.05. The molecule has 0 saturated heterocycles. The molecule has 4 atom stereocenters. The smallest absolute Gasteiger partial charge is 0.249 e. The van der Waals surface area contributed by atoms with Gasteiger partial charge in [0, 0.05) is 0 Å². The second-order valence-corrected chi connectivity index (χ2v) is 19.6. The average Bonchev–Trinajstić information content (AvgIpc) is 3.28. The molecule has 6 heteroatoms. The van der Waals surface area contributed by atoms with Crippen LogP contribution in [0.5, 0.6) is 0 Å². The molecule has 0 aliphatic carbocycles. The highest BCUT2D eigenvalue weighted by Crippen LogP contribution is 2.18. The van der Waals surface area contributed by atoms with Gasteiger partial charge in [0.15, 0.2) is 0 Å². The molecular weight excluding hydrogens is 767 g/mol. The molecule has 1 amide bonds. The number of allylic oxidation sites excluding steroid dienone is 2. The van der Waals surface area contributed by atoms with Gasteiger partial charge in [-0.1, -0.05) is 283 Å². The molecular formula is C56H111NO5. The summed E-state index contributed by atoms with van der Waals surface area (Å²) in [7, 11) is 0. The third-order valence-corrected chi connectivity index (χ3v) is 13.5. The number of aliphatic hydroxyl groups is 4. The second-order valence-electron chi connectivity index (χ2n) is 19.6. The van der Waals surface area contributed by atoms with Crippen LogP contribution in [0.3, 0.4) is 0 Å². The van der Waals surface area contributed by atoms with Crippen LogP contribution >= 0.6 is 0 Å². The van der Waals surface area contributed by atoms with E-state index >= 15 is 0 Å². The highest BCUT2D eigenvalue weighted by molar-refractivity contribution is 5.80. The van der Waals surface area contributed by atoms with E-state index < -0.39 is 36.9 Å². The van der Waals surface area contributed by atoms with Crippen molar-refractivity contribution in [1.29, 1.82) is 0 Å². The van der Waals surface area contributed by atoms with Gasteiger partial charge in [0.1, 0.15) is 12.2 Å². The summed E-state index contributed by atoms with van der Waals surface area (Å²) in [5, 5.41) is 44.0. The molecule has 0 aliphatic rings. The van der Waals surface area contributed by atoms with E-state index in [9.17, 15) is 25.2 Å². The van der Waals surface area contributed by atoms with Crippen molar-refractivity contribution in [3.05, 3.63) is 12.2 Å². The third kappa shape index (κ3) is 44.3. The molecule has 0 saturated carbocycles. The molecule has 0 aromatic rings. The lowest BCUT2D eigenvalue weighted by Gasteiger charge is -2.27. The van der Waals surface area contributed by atoms with Crippen LogP contribution in [0.4, 0.5) is 0 Å². The zero-order valence-corrected chi connectivity index (χ0v) is 41.9. The van der Waals surface area contributed by atoms with Gasteiger partial charge in [-0.15, -0.1) is 0 Å². The lowest BCUT2D eigenvalue weighted by Crippen LogP contribution is -2.53. The number of unbranched alkanes of at least 4 members (excludes halogenated alkanes) is 41. The van der Waals surface area contributed by atoms with Gasteiger partial charge in [0.2, 0.25) is 5.91 Å². The molecule has 370 valence electrons. The van der Waals surface area contributed by atoms with Crippen molar-refractivity contribution in [2.45, 2.75) is 334 Å². The minimum Gasteiger partial charge on any atom is -0.394 e. The van der Waals surface area contributed by atoms with Crippen molar-refractivity contribution < 1.29 is 25.2 Å². The highest BCUT2D eigenvalue weighted by Gasteiger charge is 2.28. The Bertz CT molecular complexity index is 898. The van der Waals surface area contributed by atoms with E-state index in [-0.39, 0.29) is 0 Å². The SMILES string of the molecule is CCCCCCCCCCCCCC/C=C\CCCCCCCCC(O)C(=O)NC(CO)C(O)C(O)CCCCCCCCCCCCCCCCCCCCCCCCCC. The van der Waals surface area contributed by atoms with E-state index in [4.69, 9.17) is 0 Å². The van der Waals surface area contributed by atoms with Gasteiger partial charge < -0.3 is 25.7 Å². The number of carbonyl (C=O) groups is 1. The summed E-state index contributed by atoms with van der Waals surface area (Å²) in [5.74, 6) is -0.583. The zero-order valence-electron chi connectivity index (χ0n) is 41.9. The first-order valence-electron chi connectivity index (χ1n) is 28.1. The number of carbonyl (C=O) groups excluding carboxylic acids is 1. The van der Waals surface area contributed by atoms with Crippen molar-refractivity contribution >= 4 is 5.91 Å². The Kier molecular flexibility index (Phi) is 50.3. The predicted molar refractivity (Wildman–Crippen MR) is 270 cm³/mol. The largest absolute Gasteiger partial charge is 0.394 e. The van der Waals surface area contributed by atoms with Gasteiger partial charge in [-0.05, 0) is 38.5 Å². The number of hydrogen-bond acceptors (Lipinski definition) is 5. The van der Waals surface area contributed by atoms with Crippen LogP contribution < -0.4 is 5.32 Å². The summed E-state index contributed by atoms with van der Waals surface area (Å²) in [6.45, 7) is 4.09. The Hall–Kier alpha value is -0.950. The Balaban J connectivity index is 3.62. The quantitative estimate of drug-likeness (QED) is 0.0309. The molecule has 6 nitrogen and oxygen atoms in total. The summed E-state index contributed by atoms with van der Waals surface area (Å²) in [4.78, 5) is 12.6. The normalized spacial score (nSPS) is 13.8. The van der Waals surface area contributed by atoms with E-state index in [2.05, 4.69) is 31.3 Å². The second kappa shape index (κ2) is 51.0. The van der Waals surface area contributed by atoms with Crippen molar-refractivity contribution in [3.63, 3.8) is 0 Å². The van der Waals surface area contributed by atoms with Crippen LogP contribution in [-0.2, 0) is 4.79 Å². The van der Waals surface area contributed by atoms with Gasteiger partial charge in [0.05, 0.1) is 18.8 Å². The summed E-state index contributed by atoms with van der Waals surface area (Å²) in [6.07, 6.45) is 59.9. The van der Waals surface area contributed by atoms with E-state index in [1.807, 2.05) is 0 Å². The monoisotopic (exact) mass is 878 g/mol. The summed E-state index contributed by atoms with van der Waals surface area (Å²) in [5.41, 5.74) is 0. The average molecular weight is 879 g/mol. The third-order valence-electron chi connectivity index (χ3n) is 13.5. The molecule has 0 radical (unpaired) electrons. The topological polar surface area (TPSA) is 110 Å².